The molecule has 0 bridgehead atoms. The molecule has 1 unspecified atom stereocenters. The molecule has 0 saturated carbocycles. The van der Waals surface area contributed by atoms with Gasteiger partial charge >= 0.3 is 0 Å². The summed E-state index contributed by atoms with van der Waals surface area (Å²) >= 11 is 0. The minimum absolute atomic E-state index is 0. The third-order valence-electron chi connectivity index (χ3n) is 4.54. The number of likely N-dealkylation sites (tertiary alicyclic amines) is 1. The third kappa shape index (κ3) is 6.30. The molecule has 1 aromatic rings. The van der Waals surface area contributed by atoms with Crippen LogP contribution in [0.3, 0.4) is 0 Å². The van der Waals surface area contributed by atoms with Crippen LogP contribution in [0, 0.1) is 19.8 Å². The van der Waals surface area contributed by atoms with E-state index in [9.17, 15) is 0 Å². The molecule has 2 rings (SSSR count). The van der Waals surface area contributed by atoms with Crippen LogP contribution in [0.1, 0.15) is 30.0 Å². The summed E-state index contributed by atoms with van der Waals surface area (Å²) in [6.07, 6.45) is 1.29. The van der Waals surface area contributed by atoms with Gasteiger partial charge in [-0.1, -0.05) is 30.7 Å². The van der Waals surface area contributed by atoms with Crippen LogP contribution in [-0.2, 0) is 6.54 Å². The molecule has 130 valence electrons. The Morgan fingerprint density at radius 3 is 2.70 bits per heavy atom. The summed E-state index contributed by atoms with van der Waals surface area (Å²) in [5.41, 5.74) is 3.97. The van der Waals surface area contributed by atoms with Gasteiger partial charge in [0.2, 0.25) is 0 Å². The number of nitrogens with zero attached hydrogens (tertiary/aromatic N) is 2. The first-order valence-electron chi connectivity index (χ1n) is 8.35. The molecule has 0 amide bonds. The van der Waals surface area contributed by atoms with E-state index in [1.54, 1.807) is 0 Å². The number of hydrogen-bond donors (Lipinski definition) is 2. The summed E-state index contributed by atoms with van der Waals surface area (Å²) in [6.45, 7) is 12.0. The molecule has 1 saturated heterocycles. The molecule has 0 spiro atoms. The average Bonchev–Trinajstić information content (AvgIpc) is 2.97. The normalized spacial score (nSPS) is 18.6. The van der Waals surface area contributed by atoms with Crippen LogP contribution >= 0.6 is 24.0 Å². The van der Waals surface area contributed by atoms with Crippen molar-refractivity contribution in [2.45, 2.75) is 33.7 Å². The molecule has 5 heteroatoms. The standard InChI is InChI=1S/C18H30N4.HI/c1-5-22-9-8-16(13-22)11-20-18(19-4)21-12-17-7-6-14(2)10-15(17)3;/h6-7,10,16H,5,8-9,11-13H2,1-4H3,(H2,19,20,21);1H. The van der Waals surface area contributed by atoms with Gasteiger partial charge in [0.1, 0.15) is 0 Å². The van der Waals surface area contributed by atoms with E-state index >= 15 is 0 Å². The average molecular weight is 430 g/mol. The minimum atomic E-state index is 0. The predicted molar refractivity (Wildman–Crippen MR) is 110 cm³/mol. The topological polar surface area (TPSA) is 39.7 Å². The van der Waals surface area contributed by atoms with Gasteiger partial charge in [0.15, 0.2) is 5.96 Å². The van der Waals surface area contributed by atoms with Crippen LogP contribution in [0.2, 0.25) is 0 Å². The Hall–Kier alpha value is -0.820. The Labute approximate surface area is 158 Å². The monoisotopic (exact) mass is 430 g/mol. The molecule has 4 nitrogen and oxygen atoms in total. The first kappa shape index (κ1) is 20.2. The van der Waals surface area contributed by atoms with E-state index in [4.69, 9.17) is 0 Å². The van der Waals surface area contributed by atoms with E-state index < -0.39 is 0 Å². The number of hydrogen-bond acceptors (Lipinski definition) is 2. The maximum atomic E-state index is 4.33. The molecular weight excluding hydrogens is 399 g/mol. The lowest BCUT2D eigenvalue weighted by molar-refractivity contribution is 0.342. The van der Waals surface area contributed by atoms with Crippen LogP contribution in [0.15, 0.2) is 23.2 Å². The number of halogens is 1. The number of nitrogens with one attached hydrogen (secondary N) is 2. The van der Waals surface area contributed by atoms with Gasteiger partial charge in [-0.15, -0.1) is 24.0 Å². The highest BCUT2D eigenvalue weighted by molar-refractivity contribution is 14.0. The Balaban J connectivity index is 0.00000264. The Morgan fingerprint density at radius 1 is 1.30 bits per heavy atom. The van der Waals surface area contributed by atoms with Gasteiger partial charge in [0, 0.05) is 26.7 Å². The second-order valence-corrected chi connectivity index (χ2v) is 6.28. The maximum absolute atomic E-state index is 4.33. The fraction of sp³-hybridized carbons (Fsp3) is 0.611. The summed E-state index contributed by atoms with van der Waals surface area (Å²) in [6, 6.07) is 6.59. The molecule has 0 aliphatic carbocycles. The summed E-state index contributed by atoms with van der Waals surface area (Å²) in [5, 5.41) is 6.89. The van der Waals surface area contributed by atoms with Crippen LogP contribution in [0.25, 0.3) is 0 Å². The Morgan fingerprint density at radius 2 is 2.09 bits per heavy atom. The van der Waals surface area contributed by atoms with Crippen molar-refractivity contribution in [3.05, 3.63) is 34.9 Å². The molecule has 23 heavy (non-hydrogen) atoms. The molecule has 1 aliphatic heterocycles. The van der Waals surface area contributed by atoms with Crippen molar-refractivity contribution in [3.63, 3.8) is 0 Å². The van der Waals surface area contributed by atoms with Gasteiger partial charge in [-0.25, -0.2) is 0 Å². The van der Waals surface area contributed by atoms with E-state index in [2.05, 4.69) is 59.5 Å². The van der Waals surface area contributed by atoms with Gasteiger partial charge in [0.25, 0.3) is 0 Å². The highest BCUT2D eigenvalue weighted by Crippen LogP contribution is 2.14. The van der Waals surface area contributed by atoms with Crippen LogP contribution in [-0.4, -0.2) is 44.1 Å². The lowest BCUT2D eigenvalue weighted by Crippen LogP contribution is -2.40. The van der Waals surface area contributed by atoms with E-state index in [-0.39, 0.29) is 24.0 Å². The molecular formula is C18H31IN4. The van der Waals surface area contributed by atoms with Crippen LogP contribution < -0.4 is 10.6 Å². The predicted octanol–water partition coefficient (Wildman–Crippen LogP) is 2.93. The molecule has 1 aliphatic rings. The molecule has 0 aromatic heterocycles. The minimum Gasteiger partial charge on any atom is -0.356 e. The summed E-state index contributed by atoms with van der Waals surface area (Å²) in [5.74, 6) is 1.63. The zero-order valence-electron chi connectivity index (χ0n) is 14.9. The van der Waals surface area contributed by atoms with Crippen molar-refractivity contribution in [1.29, 1.82) is 0 Å². The SMILES string of the molecule is CCN1CCC(CNC(=NC)NCc2ccc(C)cc2C)C1.I. The zero-order valence-corrected chi connectivity index (χ0v) is 17.2. The van der Waals surface area contributed by atoms with Crippen molar-refractivity contribution in [1.82, 2.24) is 15.5 Å². The summed E-state index contributed by atoms with van der Waals surface area (Å²) in [4.78, 5) is 6.84. The molecule has 1 atom stereocenters. The van der Waals surface area contributed by atoms with E-state index in [1.807, 2.05) is 7.05 Å². The smallest absolute Gasteiger partial charge is 0.191 e. The van der Waals surface area contributed by atoms with Crippen molar-refractivity contribution in [2.24, 2.45) is 10.9 Å². The lowest BCUT2D eigenvalue weighted by Gasteiger charge is -2.17. The van der Waals surface area contributed by atoms with E-state index in [0.717, 1.165) is 31.5 Å². The number of guanidine groups is 1. The first-order valence-corrected chi connectivity index (χ1v) is 8.35. The highest BCUT2D eigenvalue weighted by atomic mass is 127. The molecule has 1 fully saturated rings. The fourth-order valence-electron chi connectivity index (χ4n) is 3.05. The van der Waals surface area contributed by atoms with Crippen molar-refractivity contribution in [3.8, 4) is 0 Å². The second-order valence-electron chi connectivity index (χ2n) is 6.28. The van der Waals surface area contributed by atoms with Crippen molar-refractivity contribution < 1.29 is 0 Å². The van der Waals surface area contributed by atoms with E-state index in [1.165, 1.54) is 36.2 Å². The number of rotatable bonds is 5. The Bertz CT molecular complexity index is 516. The van der Waals surface area contributed by atoms with Crippen LogP contribution in [0.4, 0.5) is 0 Å². The van der Waals surface area contributed by atoms with E-state index in [0.29, 0.717) is 0 Å². The zero-order chi connectivity index (χ0) is 15.9. The summed E-state index contributed by atoms with van der Waals surface area (Å²) < 4.78 is 0. The fourth-order valence-corrected chi connectivity index (χ4v) is 3.05. The largest absolute Gasteiger partial charge is 0.356 e. The van der Waals surface area contributed by atoms with Gasteiger partial charge in [-0.2, -0.15) is 0 Å². The third-order valence-corrected chi connectivity index (χ3v) is 4.54. The lowest BCUT2D eigenvalue weighted by atomic mass is 10.1. The molecule has 2 N–H and O–H groups in total. The van der Waals surface area contributed by atoms with Gasteiger partial charge in [0.05, 0.1) is 0 Å². The maximum Gasteiger partial charge on any atom is 0.191 e. The second kappa shape index (κ2) is 10.1. The quantitative estimate of drug-likeness (QED) is 0.429. The van der Waals surface area contributed by atoms with Gasteiger partial charge in [-0.05, 0) is 50.4 Å². The van der Waals surface area contributed by atoms with Crippen molar-refractivity contribution >= 4 is 29.9 Å². The van der Waals surface area contributed by atoms with Crippen molar-refractivity contribution in [2.75, 3.05) is 33.2 Å². The Kier molecular flexibility index (Phi) is 8.91. The molecule has 1 aromatic carbocycles. The number of benzene rings is 1. The highest BCUT2D eigenvalue weighted by Gasteiger charge is 2.20. The molecule has 1 heterocycles. The molecule has 0 radical (unpaired) electrons. The number of aryl methyl sites for hydroxylation is 2. The van der Waals surface area contributed by atoms with Gasteiger partial charge in [-0.3, -0.25) is 4.99 Å². The van der Waals surface area contributed by atoms with Gasteiger partial charge < -0.3 is 15.5 Å². The van der Waals surface area contributed by atoms with Crippen LogP contribution in [0.5, 0.6) is 0 Å². The first-order chi connectivity index (χ1) is 10.6. The summed E-state index contributed by atoms with van der Waals surface area (Å²) in [7, 11) is 1.84. The number of aliphatic imine (C=N–C) groups is 1.